The highest BCUT2D eigenvalue weighted by Gasteiger charge is 2.14. The molecule has 0 amide bonds. The van der Waals surface area contributed by atoms with E-state index in [2.05, 4.69) is 24.6 Å². The molecule has 3 heteroatoms. The van der Waals surface area contributed by atoms with Gasteiger partial charge in [0.1, 0.15) is 14.1 Å². The van der Waals surface area contributed by atoms with E-state index in [1.54, 1.807) is 12.1 Å². The minimum Gasteiger partial charge on any atom is -0.411 e. The van der Waals surface area contributed by atoms with Crippen LogP contribution in [0.25, 0.3) is 5.70 Å². The molecule has 0 aliphatic heterocycles. The average Bonchev–Trinajstić information content (AvgIpc) is 2.14. The first-order valence-corrected chi connectivity index (χ1v) is 8.63. The van der Waals surface area contributed by atoms with E-state index in [1.807, 2.05) is 13.0 Å². The van der Waals surface area contributed by atoms with E-state index in [0.717, 1.165) is 11.3 Å². The number of hydrogen-bond acceptors (Lipinski definition) is 1. The van der Waals surface area contributed by atoms with E-state index >= 15 is 0 Å². The molecular weight excluding hydrogens is 205 g/mol. The summed E-state index contributed by atoms with van der Waals surface area (Å²) < 4.78 is 12.8. The second kappa shape index (κ2) is 4.62. The molecule has 1 aromatic carbocycles. The first kappa shape index (κ1) is 12.0. The number of hydrogen-bond donors (Lipinski definition) is 1. The summed E-state index contributed by atoms with van der Waals surface area (Å²) in [5.74, 6) is -0.192. The van der Waals surface area contributed by atoms with Crippen molar-refractivity contribution >= 4 is 13.9 Å². The molecule has 0 unspecified atom stereocenters. The van der Waals surface area contributed by atoms with E-state index in [9.17, 15) is 4.39 Å². The normalized spacial score (nSPS) is 12.7. The lowest BCUT2D eigenvalue weighted by atomic mass is 10.1. The van der Waals surface area contributed by atoms with Crippen molar-refractivity contribution in [2.75, 3.05) is 0 Å². The fraction of sp³-hybridized carbons (Fsp3) is 0.333. The molecule has 0 aliphatic carbocycles. The highest BCUT2D eigenvalue weighted by atomic mass is 28.3. The molecule has 0 aliphatic rings. The Morgan fingerprint density at radius 2 is 1.73 bits per heavy atom. The molecule has 0 fully saturated rings. The van der Waals surface area contributed by atoms with E-state index < -0.39 is 8.24 Å². The Morgan fingerprint density at radius 1 is 1.20 bits per heavy atom. The van der Waals surface area contributed by atoms with Gasteiger partial charge >= 0.3 is 0 Å². The molecule has 1 aromatic rings. The summed E-state index contributed by atoms with van der Waals surface area (Å²) in [6, 6.07) is 6.59. The second-order valence-electron chi connectivity index (χ2n) is 4.58. The van der Waals surface area contributed by atoms with Crippen molar-refractivity contribution in [1.82, 2.24) is 4.98 Å². The van der Waals surface area contributed by atoms with Crippen LogP contribution >= 0.6 is 0 Å². The Hall–Kier alpha value is -1.09. The lowest BCUT2D eigenvalue weighted by molar-refractivity contribution is 0.627. The zero-order chi connectivity index (χ0) is 11.5. The van der Waals surface area contributed by atoms with Crippen LogP contribution in [-0.4, -0.2) is 8.24 Å². The van der Waals surface area contributed by atoms with Crippen LogP contribution in [0.15, 0.2) is 30.3 Å². The van der Waals surface area contributed by atoms with Crippen molar-refractivity contribution in [2.45, 2.75) is 26.6 Å². The first-order valence-electron chi connectivity index (χ1n) is 5.13. The van der Waals surface area contributed by atoms with Crippen molar-refractivity contribution in [3.63, 3.8) is 0 Å². The van der Waals surface area contributed by atoms with E-state index in [1.165, 1.54) is 12.1 Å². The molecule has 0 bridgehead atoms. The average molecular weight is 223 g/mol. The number of benzene rings is 1. The molecule has 82 valence electrons. The van der Waals surface area contributed by atoms with Crippen LogP contribution in [0.3, 0.4) is 0 Å². The SMILES string of the molecule is C/C=C(\N[Si](C)(C)C)c1ccc(F)cc1. The summed E-state index contributed by atoms with van der Waals surface area (Å²) >= 11 is 0. The molecule has 0 saturated carbocycles. The monoisotopic (exact) mass is 223 g/mol. The Bertz CT molecular complexity index is 349. The predicted molar refractivity (Wildman–Crippen MR) is 66.5 cm³/mol. The van der Waals surface area contributed by atoms with Crippen LogP contribution in [0.1, 0.15) is 12.5 Å². The van der Waals surface area contributed by atoms with Crippen molar-refractivity contribution in [3.8, 4) is 0 Å². The van der Waals surface area contributed by atoms with Crippen molar-refractivity contribution in [3.05, 3.63) is 41.7 Å². The van der Waals surface area contributed by atoms with Gasteiger partial charge in [0.25, 0.3) is 0 Å². The smallest absolute Gasteiger partial charge is 0.144 e. The van der Waals surface area contributed by atoms with Gasteiger partial charge in [-0.1, -0.05) is 37.8 Å². The first-order chi connectivity index (χ1) is 6.92. The zero-order valence-corrected chi connectivity index (χ0v) is 10.8. The molecule has 15 heavy (non-hydrogen) atoms. The largest absolute Gasteiger partial charge is 0.411 e. The predicted octanol–water partition coefficient (Wildman–Crippen LogP) is 3.61. The van der Waals surface area contributed by atoms with E-state index in [4.69, 9.17) is 0 Å². The Morgan fingerprint density at radius 3 is 2.13 bits per heavy atom. The summed E-state index contributed by atoms with van der Waals surface area (Å²) in [6.07, 6.45) is 2.03. The third-order valence-electron chi connectivity index (χ3n) is 1.95. The maximum absolute atomic E-state index is 12.8. The van der Waals surface area contributed by atoms with Crippen molar-refractivity contribution in [2.24, 2.45) is 0 Å². The second-order valence-corrected chi connectivity index (χ2v) is 9.33. The fourth-order valence-corrected chi connectivity index (χ4v) is 2.44. The number of rotatable bonds is 3. The number of allylic oxidation sites excluding steroid dienone is 1. The molecule has 0 saturated heterocycles. The molecule has 0 aromatic heterocycles. The summed E-state index contributed by atoms with van der Waals surface area (Å²) in [6.45, 7) is 8.70. The molecule has 1 nitrogen and oxygen atoms in total. The van der Waals surface area contributed by atoms with Crippen molar-refractivity contribution in [1.29, 1.82) is 0 Å². The van der Waals surface area contributed by atoms with Crippen LogP contribution in [0.5, 0.6) is 0 Å². The Labute approximate surface area is 92.1 Å². The Balaban J connectivity index is 2.90. The number of halogens is 1. The standard InChI is InChI=1S/C12H18FNSi/c1-5-12(14-15(2,3)4)10-6-8-11(13)9-7-10/h5-9,14H,1-4H3/b12-5-. The summed E-state index contributed by atoms with van der Waals surface area (Å²) in [5.41, 5.74) is 2.13. The topological polar surface area (TPSA) is 12.0 Å². The molecule has 0 heterocycles. The lowest BCUT2D eigenvalue weighted by Crippen LogP contribution is -2.39. The van der Waals surface area contributed by atoms with Crippen LogP contribution < -0.4 is 4.98 Å². The maximum Gasteiger partial charge on any atom is 0.144 e. The fourth-order valence-electron chi connectivity index (χ4n) is 1.34. The lowest BCUT2D eigenvalue weighted by Gasteiger charge is -2.22. The Kier molecular flexibility index (Phi) is 3.69. The van der Waals surface area contributed by atoms with Gasteiger partial charge in [0.2, 0.25) is 0 Å². The molecular formula is C12H18FNSi. The minimum atomic E-state index is -1.35. The quantitative estimate of drug-likeness (QED) is 0.772. The van der Waals surface area contributed by atoms with E-state index in [-0.39, 0.29) is 5.82 Å². The summed E-state index contributed by atoms with van der Waals surface area (Å²) in [5, 5.41) is 0. The maximum atomic E-state index is 12.8. The third-order valence-corrected chi connectivity index (χ3v) is 2.97. The van der Waals surface area contributed by atoms with Crippen LogP contribution in [0.4, 0.5) is 4.39 Å². The van der Waals surface area contributed by atoms with Gasteiger partial charge < -0.3 is 4.98 Å². The van der Waals surface area contributed by atoms with Crippen LogP contribution in [0, 0.1) is 5.82 Å². The van der Waals surface area contributed by atoms with Gasteiger partial charge in [-0.25, -0.2) is 4.39 Å². The molecule has 0 radical (unpaired) electrons. The zero-order valence-electron chi connectivity index (χ0n) is 9.76. The van der Waals surface area contributed by atoms with Gasteiger partial charge in [-0.05, 0) is 24.6 Å². The van der Waals surface area contributed by atoms with Gasteiger partial charge in [-0.15, -0.1) is 0 Å². The van der Waals surface area contributed by atoms with Gasteiger partial charge in [-0.2, -0.15) is 0 Å². The molecule has 1 rings (SSSR count). The minimum absolute atomic E-state index is 0.192. The van der Waals surface area contributed by atoms with Crippen LogP contribution in [0.2, 0.25) is 19.6 Å². The highest BCUT2D eigenvalue weighted by Crippen LogP contribution is 2.14. The molecule has 0 spiro atoms. The van der Waals surface area contributed by atoms with Crippen molar-refractivity contribution < 1.29 is 4.39 Å². The van der Waals surface area contributed by atoms with Gasteiger partial charge in [0.05, 0.1) is 0 Å². The van der Waals surface area contributed by atoms with Gasteiger partial charge in [0.15, 0.2) is 0 Å². The number of nitrogens with one attached hydrogen (secondary N) is 1. The summed E-state index contributed by atoms with van der Waals surface area (Å²) in [7, 11) is -1.35. The van der Waals surface area contributed by atoms with Gasteiger partial charge in [0, 0.05) is 5.70 Å². The third kappa shape index (κ3) is 3.87. The summed E-state index contributed by atoms with van der Waals surface area (Å²) in [4.78, 5) is 3.52. The highest BCUT2D eigenvalue weighted by molar-refractivity contribution is 6.74. The van der Waals surface area contributed by atoms with Crippen LogP contribution in [-0.2, 0) is 0 Å². The molecule has 1 N–H and O–H groups in total. The van der Waals surface area contributed by atoms with E-state index in [0.29, 0.717) is 0 Å². The molecule has 0 atom stereocenters. The van der Waals surface area contributed by atoms with Gasteiger partial charge in [-0.3, -0.25) is 0 Å².